The highest BCUT2D eigenvalue weighted by Crippen LogP contribution is 2.38. The fourth-order valence-electron chi connectivity index (χ4n) is 2.85. The molecule has 3 heteroatoms. The quantitative estimate of drug-likeness (QED) is 0.835. The maximum Gasteiger partial charge on any atom is 0.0593 e. The molecule has 1 saturated carbocycles. The van der Waals surface area contributed by atoms with E-state index >= 15 is 0 Å². The molecule has 1 aromatic heterocycles. The first-order chi connectivity index (χ1) is 7.58. The van der Waals surface area contributed by atoms with Crippen molar-refractivity contribution in [3.8, 4) is 0 Å². The average molecular weight is 222 g/mol. The number of hydrogen-bond donors (Lipinski definition) is 1. The first-order valence-corrected chi connectivity index (χ1v) is 6.27. The van der Waals surface area contributed by atoms with Crippen LogP contribution in [0.5, 0.6) is 0 Å². The number of rotatable bonds is 2. The van der Waals surface area contributed by atoms with Crippen LogP contribution in [0.25, 0.3) is 0 Å². The SMILES string of the molecule is Cc1ccn(C2CC(O)CCC2C(C)C)n1. The van der Waals surface area contributed by atoms with E-state index in [2.05, 4.69) is 23.6 Å². The van der Waals surface area contributed by atoms with Crippen LogP contribution in [0.4, 0.5) is 0 Å². The third-order valence-corrected chi connectivity index (χ3v) is 3.78. The van der Waals surface area contributed by atoms with Crippen LogP contribution in [0.1, 0.15) is 44.8 Å². The predicted octanol–water partition coefficient (Wildman–Crippen LogP) is 2.55. The molecule has 1 aromatic rings. The summed E-state index contributed by atoms with van der Waals surface area (Å²) in [5, 5.41) is 14.3. The molecule has 0 bridgehead atoms. The van der Waals surface area contributed by atoms with E-state index in [1.54, 1.807) is 0 Å². The Morgan fingerprint density at radius 3 is 2.75 bits per heavy atom. The van der Waals surface area contributed by atoms with Crippen molar-refractivity contribution in [1.82, 2.24) is 9.78 Å². The van der Waals surface area contributed by atoms with Crippen molar-refractivity contribution in [2.75, 3.05) is 0 Å². The van der Waals surface area contributed by atoms with E-state index in [1.807, 2.05) is 19.2 Å². The second-order valence-corrected chi connectivity index (χ2v) is 5.38. The summed E-state index contributed by atoms with van der Waals surface area (Å²) in [5.41, 5.74) is 1.06. The van der Waals surface area contributed by atoms with Gasteiger partial charge in [0, 0.05) is 6.20 Å². The zero-order valence-corrected chi connectivity index (χ0v) is 10.4. The second kappa shape index (κ2) is 4.58. The van der Waals surface area contributed by atoms with Gasteiger partial charge in [0.1, 0.15) is 0 Å². The lowest BCUT2D eigenvalue weighted by molar-refractivity contribution is 0.0520. The van der Waals surface area contributed by atoms with Gasteiger partial charge in [-0.15, -0.1) is 0 Å². The Balaban J connectivity index is 2.20. The van der Waals surface area contributed by atoms with E-state index in [0.717, 1.165) is 25.0 Å². The van der Waals surface area contributed by atoms with E-state index in [0.29, 0.717) is 17.9 Å². The minimum Gasteiger partial charge on any atom is -0.393 e. The van der Waals surface area contributed by atoms with E-state index in [-0.39, 0.29) is 6.10 Å². The molecule has 0 saturated heterocycles. The van der Waals surface area contributed by atoms with Gasteiger partial charge in [0.2, 0.25) is 0 Å². The summed E-state index contributed by atoms with van der Waals surface area (Å²) in [5.74, 6) is 1.30. The van der Waals surface area contributed by atoms with Gasteiger partial charge >= 0.3 is 0 Å². The monoisotopic (exact) mass is 222 g/mol. The summed E-state index contributed by atoms with van der Waals surface area (Å²) in [6.07, 6.45) is 4.81. The van der Waals surface area contributed by atoms with Crippen LogP contribution in [0.3, 0.4) is 0 Å². The van der Waals surface area contributed by atoms with E-state index in [4.69, 9.17) is 0 Å². The minimum absolute atomic E-state index is 0.149. The third kappa shape index (κ3) is 2.29. The highest BCUT2D eigenvalue weighted by Gasteiger charge is 2.33. The van der Waals surface area contributed by atoms with Gasteiger partial charge in [0.25, 0.3) is 0 Å². The van der Waals surface area contributed by atoms with Gasteiger partial charge in [0.15, 0.2) is 0 Å². The summed E-state index contributed by atoms with van der Waals surface area (Å²) in [6.45, 7) is 6.55. The molecule has 1 aliphatic rings. The molecule has 0 amide bonds. The lowest BCUT2D eigenvalue weighted by Crippen LogP contribution is -2.33. The van der Waals surface area contributed by atoms with Crippen molar-refractivity contribution in [3.05, 3.63) is 18.0 Å². The van der Waals surface area contributed by atoms with Crippen LogP contribution in [0.15, 0.2) is 12.3 Å². The Morgan fingerprint density at radius 2 is 2.19 bits per heavy atom. The number of aryl methyl sites for hydroxylation is 1. The summed E-state index contributed by atoms with van der Waals surface area (Å²) < 4.78 is 2.06. The smallest absolute Gasteiger partial charge is 0.0593 e. The van der Waals surface area contributed by atoms with Crippen LogP contribution >= 0.6 is 0 Å². The first kappa shape index (κ1) is 11.6. The van der Waals surface area contributed by atoms with Crippen LogP contribution < -0.4 is 0 Å². The van der Waals surface area contributed by atoms with E-state index in [9.17, 15) is 5.11 Å². The number of aliphatic hydroxyl groups excluding tert-OH is 1. The summed E-state index contributed by atoms with van der Waals surface area (Å²) in [6, 6.07) is 2.41. The molecule has 1 N–H and O–H groups in total. The maximum atomic E-state index is 9.81. The van der Waals surface area contributed by atoms with Gasteiger partial charge in [-0.2, -0.15) is 5.10 Å². The van der Waals surface area contributed by atoms with Crippen molar-refractivity contribution in [3.63, 3.8) is 0 Å². The van der Waals surface area contributed by atoms with Crippen molar-refractivity contribution < 1.29 is 5.11 Å². The fraction of sp³-hybridized carbons (Fsp3) is 0.769. The third-order valence-electron chi connectivity index (χ3n) is 3.78. The van der Waals surface area contributed by atoms with E-state index < -0.39 is 0 Å². The average Bonchev–Trinajstić information content (AvgIpc) is 2.64. The maximum absolute atomic E-state index is 9.81. The molecule has 1 fully saturated rings. The number of aliphatic hydroxyl groups is 1. The van der Waals surface area contributed by atoms with Gasteiger partial charge in [-0.3, -0.25) is 4.68 Å². The van der Waals surface area contributed by atoms with Crippen LogP contribution in [0.2, 0.25) is 0 Å². The minimum atomic E-state index is -0.149. The Hall–Kier alpha value is -0.830. The summed E-state index contributed by atoms with van der Waals surface area (Å²) >= 11 is 0. The van der Waals surface area contributed by atoms with Gasteiger partial charge < -0.3 is 5.11 Å². The molecule has 0 radical (unpaired) electrons. The first-order valence-electron chi connectivity index (χ1n) is 6.27. The molecular weight excluding hydrogens is 200 g/mol. The summed E-state index contributed by atoms with van der Waals surface area (Å²) in [7, 11) is 0. The van der Waals surface area contributed by atoms with Gasteiger partial charge in [-0.1, -0.05) is 13.8 Å². The Kier molecular flexibility index (Phi) is 3.33. The zero-order chi connectivity index (χ0) is 11.7. The van der Waals surface area contributed by atoms with Gasteiger partial charge in [-0.05, 0) is 44.1 Å². The number of aromatic nitrogens is 2. The second-order valence-electron chi connectivity index (χ2n) is 5.38. The van der Waals surface area contributed by atoms with Crippen LogP contribution in [-0.4, -0.2) is 21.0 Å². The zero-order valence-electron chi connectivity index (χ0n) is 10.4. The van der Waals surface area contributed by atoms with E-state index in [1.165, 1.54) is 0 Å². The van der Waals surface area contributed by atoms with Crippen LogP contribution in [0, 0.1) is 18.8 Å². The fourth-order valence-corrected chi connectivity index (χ4v) is 2.85. The highest BCUT2D eigenvalue weighted by molar-refractivity contribution is 4.98. The molecule has 0 aliphatic heterocycles. The largest absolute Gasteiger partial charge is 0.393 e. The molecule has 2 rings (SSSR count). The number of hydrogen-bond acceptors (Lipinski definition) is 2. The summed E-state index contributed by atoms with van der Waals surface area (Å²) in [4.78, 5) is 0. The normalized spacial score (nSPS) is 30.9. The molecule has 1 heterocycles. The Bertz CT molecular complexity index is 345. The molecule has 3 nitrogen and oxygen atoms in total. The van der Waals surface area contributed by atoms with Crippen molar-refractivity contribution in [1.29, 1.82) is 0 Å². The Morgan fingerprint density at radius 1 is 1.44 bits per heavy atom. The number of nitrogens with zero attached hydrogens (tertiary/aromatic N) is 2. The molecule has 16 heavy (non-hydrogen) atoms. The lowest BCUT2D eigenvalue weighted by atomic mass is 9.77. The molecule has 1 aliphatic carbocycles. The molecule has 0 aromatic carbocycles. The molecule has 0 spiro atoms. The topological polar surface area (TPSA) is 38.0 Å². The van der Waals surface area contributed by atoms with Crippen LogP contribution in [-0.2, 0) is 0 Å². The predicted molar refractivity (Wildman–Crippen MR) is 64.2 cm³/mol. The molecule has 3 unspecified atom stereocenters. The molecule has 90 valence electrons. The van der Waals surface area contributed by atoms with Gasteiger partial charge in [-0.25, -0.2) is 0 Å². The molecular formula is C13H22N2O. The van der Waals surface area contributed by atoms with Gasteiger partial charge in [0.05, 0.1) is 17.8 Å². The highest BCUT2D eigenvalue weighted by atomic mass is 16.3. The lowest BCUT2D eigenvalue weighted by Gasteiger charge is -2.36. The van der Waals surface area contributed by atoms with Crippen molar-refractivity contribution >= 4 is 0 Å². The standard InChI is InChI=1S/C13H22N2O/c1-9(2)12-5-4-11(16)8-13(12)15-7-6-10(3)14-15/h6-7,9,11-13,16H,4-5,8H2,1-3H3. The Labute approximate surface area is 97.5 Å². The van der Waals surface area contributed by atoms with Crippen molar-refractivity contribution in [2.24, 2.45) is 11.8 Å². The molecule has 3 atom stereocenters. The van der Waals surface area contributed by atoms with Crippen molar-refractivity contribution in [2.45, 2.75) is 52.2 Å².